The van der Waals surface area contributed by atoms with Crippen molar-refractivity contribution in [2.45, 2.75) is 45.4 Å². The van der Waals surface area contributed by atoms with E-state index in [9.17, 15) is 4.39 Å². The average Bonchev–Trinajstić information content (AvgIpc) is 2.55. The fraction of sp³-hybridized carbons (Fsp3) is 0.389. The van der Waals surface area contributed by atoms with Crippen LogP contribution in [0.5, 0.6) is 0 Å². The first-order chi connectivity index (χ1) is 11.1. The van der Waals surface area contributed by atoms with E-state index < -0.39 is 13.1 Å². The van der Waals surface area contributed by atoms with Crippen molar-refractivity contribution in [3.05, 3.63) is 47.9 Å². The third-order valence-electron chi connectivity index (χ3n) is 3.97. The van der Waals surface area contributed by atoms with Crippen molar-refractivity contribution in [3.8, 4) is 11.3 Å². The van der Waals surface area contributed by atoms with Crippen LogP contribution in [-0.2, 0) is 6.42 Å². The molecule has 0 radical (unpaired) electrons. The predicted molar refractivity (Wildman–Crippen MR) is 91.9 cm³/mol. The molecular formula is C18H23BFNO2. The smallest absolute Gasteiger partial charge is 0.423 e. The molecule has 0 bridgehead atoms. The second-order valence-electron chi connectivity index (χ2n) is 5.81. The first-order valence-corrected chi connectivity index (χ1v) is 8.23. The minimum atomic E-state index is -1.84. The summed E-state index contributed by atoms with van der Waals surface area (Å²) in [5, 5.41) is 18.0. The molecule has 0 aliphatic heterocycles. The summed E-state index contributed by atoms with van der Waals surface area (Å²) in [5.74, 6) is -0.850. The lowest BCUT2D eigenvalue weighted by Gasteiger charge is -2.06. The molecule has 0 spiro atoms. The van der Waals surface area contributed by atoms with Crippen LogP contribution in [0.15, 0.2) is 36.4 Å². The molecule has 23 heavy (non-hydrogen) atoms. The highest BCUT2D eigenvalue weighted by molar-refractivity contribution is 6.58. The zero-order valence-corrected chi connectivity index (χ0v) is 13.5. The fourth-order valence-electron chi connectivity index (χ4n) is 2.57. The van der Waals surface area contributed by atoms with Crippen molar-refractivity contribution in [3.63, 3.8) is 0 Å². The topological polar surface area (TPSA) is 53.4 Å². The van der Waals surface area contributed by atoms with Gasteiger partial charge < -0.3 is 10.0 Å². The van der Waals surface area contributed by atoms with Crippen molar-refractivity contribution >= 4 is 12.6 Å². The summed E-state index contributed by atoms with van der Waals surface area (Å²) in [5.41, 5.74) is 2.37. The van der Waals surface area contributed by atoms with Crippen molar-refractivity contribution in [2.24, 2.45) is 0 Å². The molecule has 2 N–H and O–H groups in total. The highest BCUT2D eigenvalue weighted by Gasteiger charge is 2.18. The number of hydrogen-bond acceptors (Lipinski definition) is 3. The summed E-state index contributed by atoms with van der Waals surface area (Å²) in [4.78, 5) is 3.80. The van der Waals surface area contributed by atoms with Gasteiger partial charge in [0, 0.05) is 11.0 Å². The molecule has 5 heteroatoms. The number of unbranched alkanes of at least 4 members (excludes halogenated alkanes) is 4. The molecule has 1 aromatic heterocycles. The number of aromatic nitrogens is 1. The summed E-state index contributed by atoms with van der Waals surface area (Å²) >= 11 is 0. The molecule has 0 atom stereocenters. The number of halogens is 1. The Bertz CT molecular complexity index is 617. The number of nitrogens with zero attached hydrogens (tertiary/aromatic N) is 1. The Morgan fingerprint density at radius 3 is 2.26 bits per heavy atom. The molecule has 0 aliphatic rings. The van der Waals surface area contributed by atoms with Gasteiger partial charge >= 0.3 is 7.12 Å². The number of rotatable bonds is 8. The van der Waals surface area contributed by atoms with Gasteiger partial charge in [0.1, 0.15) is 0 Å². The molecule has 0 amide bonds. The van der Waals surface area contributed by atoms with Crippen LogP contribution in [0, 0.1) is 5.95 Å². The van der Waals surface area contributed by atoms with Gasteiger partial charge in [0.05, 0.1) is 5.69 Å². The van der Waals surface area contributed by atoms with Crippen LogP contribution in [-0.4, -0.2) is 22.2 Å². The largest absolute Gasteiger partial charge is 0.493 e. The van der Waals surface area contributed by atoms with E-state index in [1.165, 1.54) is 43.7 Å². The van der Waals surface area contributed by atoms with Gasteiger partial charge in [-0.1, -0.05) is 62.9 Å². The molecule has 0 aliphatic carbocycles. The normalized spacial score (nSPS) is 10.8. The molecule has 1 aromatic carbocycles. The maximum absolute atomic E-state index is 13.7. The number of aryl methyl sites for hydroxylation is 1. The summed E-state index contributed by atoms with van der Waals surface area (Å²) < 4.78 is 13.7. The number of pyridine rings is 1. The second-order valence-corrected chi connectivity index (χ2v) is 5.81. The fourth-order valence-corrected chi connectivity index (χ4v) is 2.57. The summed E-state index contributed by atoms with van der Waals surface area (Å²) in [7, 11) is -1.84. The average molecular weight is 315 g/mol. The summed E-state index contributed by atoms with van der Waals surface area (Å²) in [6.07, 6.45) is 7.35. The van der Waals surface area contributed by atoms with E-state index in [2.05, 4.69) is 11.9 Å². The van der Waals surface area contributed by atoms with E-state index in [4.69, 9.17) is 10.0 Å². The minimum absolute atomic E-state index is 0.211. The van der Waals surface area contributed by atoms with Crippen molar-refractivity contribution in [1.29, 1.82) is 0 Å². The van der Waals surface area contributed by atoms with Crippen LogP contribution in [0.4, 0.5) is 4.39 Å². The van der Waals surface area contributed by atoms with Gasteiger partial charge in [0.25, 0.3) is 0 Å². The Morgan fingerprint density at radius 1 is 0.957 bits per heavy atom. The van der Waals surface area contributed by atoms with Gasteiger partial charge in [-0.3, -0.25) is 0 Å². The van der Waals surface area contributed by atoms with Gasteiger partial charge in [-0.05, 0) is 24.5 Å². The monoisotopic (exact) mass is 315 g/mol. The molecule has 0 saturated carbocycles. The SMILES string of the molecule is CCCCCCCc1ccc(-c2ccc(B(O)O)c(F)n2)cc1. The van der Waals surface area contributed by atoms with Crippen LogP contribution >= 0.6 is 0 Å². The zero-order valence-electron chi connectivity index (χ0n) is 13.5. The van der Waals surface area contributed by atoms with Crippen molar-refractivity contribution in [1.82, 2.24) is 4.98 Å². The van der Waals surface area contributed by atoms with E-state index in [-0.39, 0.29) is 5.46 Å². The Labute approximate surface area is 137 Å². The Hall–Kier alpha value is -1.72. The van der Waals surface area contributed by atoms with Crippen LogP contribution in [0.2, 0.25) is 0 Å². The van der Waals surface area contributed by atoms with Gasteiger partial charge in [-0.15, -0.1) is 0 Å². The number of hydrogen-bond donors (Lipinski definition) is 2. The van der Waals surface area contributed by atoms with Crippen molar-refractivity contribution < 1.29 is 14.4 Å². The number of benzene rings is 1. The lowest BCUT2D eigenvalue weighted by molar-refractivity contribution is 0.422. The standard InChI is InChI=1S/C18H23BFNO2/c1-2-3-4-5-6-7-14-8-10-15(11-9-14)17-13-12-16(19(22)23)18(20)21-17/h8-13,22-23H,2-7H2,1H3. The highest BCUT2D eigenvalue weighted by Crippen LogP contribution is 2.18. The summed E-state index contributed by atoms with van der Waals surface area (Å²) in [6, 6.07) is 10.9. The quantitative estimate of drug-likeness (QED) is 0.447. The molecule has 122 valence electrons. The van der Waals surface area contributed by atoms with E-state index in [1.807, 2.05) is 24.3 Å². The van der Waals surface area contributed by atoms with Gasteiger partial charge in [0.15, 0.2) is 0 Å². The molecule has 0 fully saturated rings. The van der Waals surface area contributed by atoms with Crippen LogP contribution in [0.25, 0.3) is 11.3 Å². The van der Waals surface area contributed by atoms with Gasteiger partial charge in [-0.25, -0.2) is 4.98 Å². The maximum Gasteiger partial charge on any atom is 0.493 e. The van der Waals surface area contributed by atoms with Gasteiger partial charge in [-0.2, -0.15) is 4.39 Å². The molecule has 2 aromatic rings. The third-order valence-corrected chi connectivity index (χ3v) is 3.97. The Morgan fingerprint density at radius 2 is 1.65 bits per heavy atom. The van der Waals surface area contributed by atoms with E-state index in [0.29, 0.717) is 5.69 Å². The van der Waals surface area contributed by atoms with E-state index in [1.54, 1.807) is 6.07 Å². The van der Waals surface area contributed by atoms with E-state index in [0.717, 1.165) is 12.0 Å². The predicted octanol–water partition coefficient (Wildman–Crippen LogP) is 3.08. The molecule has 3 nitrogen and oxygen atoms in total. The van der Waals surface area contributed by atoms with Crippen LogP contribution < -0.4 is 5.46 Å². The first kappa shape index (κ1) is 17.6. The highest BCUT2D eigenvalue weighted by atomic mass is 19.1. The Kier molecular flexibility index (Phi) is 6.75. The zero-order chi connectivity index (χ0) is 16.7. The Balaban J connectivity index is 1.98. The molecule has 2 rings (SSSR count). The lowest BCUT2D eigenvalue weighted by atomic mass is 9.81. The first-order valence-electron chi connectivity index (χ1n) is 8.23. The molecule has 0 unspecified atom stereocenters. The molecule has 0 saturated heterocycles. The van der Waals surface area contributed by atoms with Crippen LogP contribution in [0.1, 0.15) is 44.6 Å². The molecule has 1 heterocycles. The van der Waals surface area contributed by atoms with Gasteiger partial charge in [0.2, 0.25) is 5.95 Å². The van der Waals surface area contributed by atoms with Crippen LogP contribution in [0.3, 0.4) is 0 Å². The summed E-state index contributed by atoms with van der Waals surface area (Å²) in [6.45, 7) is 2.21. The minimum Gasteiger partial charge on any atom is -0.423 e. The van der Waals surface area contributed by atoms with E-state index >= 15 is 0 Å². The lowest BCUT2D eigenvalue weighted by Crippen LogP contribution is -2.33. The third kappa shape index (κ3) is 5.15. The second kappa shape index (κ2) is 8.80. The van der Waals surface area contributed by atoms with Crippen molar-refractivity contribution in [2.75, 3.05) is 0 Å². The molecular weight excluding hydrogens is 292 g/mol. The maximum atomic E-state index is 13.7.